The van der Waals surface area contributed by atoms with Crippen LogP contribution in [0.3, 0.4) is 0 Å². The summed E-state index contributed by atoms with van der Waals surface area (Å²) < 4.78 is 6.60. The van der Waals surface area contributed by atoms with Crippen LogP contribution in [0.1, 0.15) is 16.0 Å². The molecule has 0 aliphatic rings. The fourth-order valence-corrected chi connectivity index (χ4v) is 3.71. The number of anilines is 1. The van der Waals surface area contributed by atoms with Gasteiger partial charge in [-0.25, -0.2) is 4.98 Å². The van der Waals surface area contributed by atoms with Crippen molar-refractivity contribution in [3.8, 4) is 11.8 Å². The van der Waals surface area contributed by atoms with E-state index in [1.54, 1.807) is 24.4 Å². The quantitative estimate of drug-likeness (QED) is 0.259. The SMILES string of the molecule is C=CCOc1ccccc1C=C(C#N)C(=O)Nc1ncc(Cc2ccc(Br)cc2)s1. The van der Waals surface area contributed by atoms with Gasteiger partial charge in [-0.3, -0.25) is 10.1 Å². The minimum absolute atomic E-state index is 0.0330. The van der Waals surface area contributed by atoms with Crippen LogP contribution in [0.25, 0.3) is 6.08 Å². The van der Waals surface area contributed by atoms with Crippen LogP contribution in [-0.2, 0) is 11.2 Å². The Morgan fingerprint density at radius 1 is 1.27 bits per heavy atom. The third-order valence-corrected chi connectivity index (χ3v) is 5.45. The van der Waals surface area contributed by atoms with Crippen molar-refractivity contribution in [2.45, 2.75) is 6.42 Å². The van der Waals surface area contributed by atoms with Crippen LogP contribution in [-0.4, -0.2) is 17.5 Å². The Kier molecular flexibility index (Phi) is 7.55. The number of carbonyl (C=O) groups excluding carboxylic acids is 1. The molecule has 1 N–H and O–H groups in total. The molecule has 0 atom stereocenters. The van der Waals surface area contributed by atoms with Gasteiger partial charge in [0.05, 0.1) is 0 Å². The highest BCUT2D eigenvalue weighted by atomic mass is 79.9. The van der Waals surface area contributed by atoms with Crippen molar-refractivity contribution < 1.29 is 9.53 Å². The monoisotopic (exact) mass is 479 g/mol. The molecule has 0 radical (unpaired) electrons. The van der Waals surface area contributed by atoms with Crippen LogP contribution in [0.5, 0.6) is 5.75 Å². The van der Waals surface area contributed by atoms with Gasteiger partial charge in [-0.05, 0) is 29.8 Å². The van der Waals surface area contributed by atoms with Gasteiger partial charge >= 0.3 is 0 Å². The highest BCUT2D eigenvalue weighted by Crippen LogP contribution is 2.24. The normalized spacial score (nSPS) is 10.9. The molecule has 0 saturated carbocycles. The van der Waals surface area contributed by atoms with Crippen LogP contribution >= 0.6 is 27.3 Å². The first-order chi connectivity index (χ1) is 14.6. The maximum absolute atomic E-state index is 12.6. The number of para-hydroxylation sites is 1. The Balaban J connectivity index is 1.71. The molecule has 0 unspecified atom stereocenters. The summed E-state index contributed by atoms with van der Waals surface area (Å²) in [7, 11) is 0. The second-order valence-electron chi connectivity index (χ2n) is 6.20. The highest BCUT2D eigenvalue weighted by molar-refractivity contribution is 9.10. The first-order valence-electron chi connectivity index (χ1n) is 9.04. The van der Waals surface area contributed by atoms with Crippen LogP contribution in [0.4, 0.5) is 5.13 Å². The van der Waals surface area contributed by atoms with Crippen molar-refractivity contribution in [1.82, 2.24) is 4.98 Å². The Hall–Kier alpha value is -3.21. The number of hydrogen-bond acceptors (Lipinski definition) is 5. The molecule has 0 saturated heterocycles. The lowest BCUT2D eigenvalue weighted by Gasteiger charge is -2.07. The van der Waals surface area contributed by atoms with Crippen LogP contribution in [0.15, 0.2) is 77.4 Å². The van der Waals surface area contributed by atoms with Crippen molar-refractivity contribution >= 4 is 44.4 Å². The van der Waals surface area contributed by atoms with Crippen LogP contribution in [0.2, 0.25) is 0 Å². The third kappa shape index (κ3) is 5.89. The number of nitrogens with one attached hydrogen (secondary N) is 1. The van der Waals surface area contributed by atoms with E-state index in [0.717, 1.165) is 21.3 Å². The van der Waals surface area contributed by atoms with Gasteiger partial charge in [-0.1, -0.05) is 58.9 Å². The molecule has 150 valence electrons. The molecule has 7 heteroatoms. The largest absolute Gasteiger partial charge is 0.489 e. The van der Waals surface area contributed by atoms with E-state index in [0.29, 0.717) is 23.1 Å². The topological polar surface area (TPSA) is 75.0 Å². The first kappa shape index (κ1) is 21.5. The molecule has 1 amide bonds. The maximum Gasteiger partial charge on any atom is 0.268 e. The van der Waals surface area contributed by atoms with Gasteiger partial charge in [0.15, 0.2) is 5.13 Å². The average molecular weight is 480 g/mol. The van der Waals surface area contributed by atoms with E-state index in [9.17, 15) is 10.1 Å². The predicted octanol–water partition coefficient (Wildman–Crippen LogP) is 5.61. The molecule has 0 bridgehead atoms. The Morgan fingerprint density at radius 3 is 2.77 bits per heavy atom. The third-order valence-electron chi connectivity index (χ3n) is 4.01. The summed E-state index contributed by atoms with van der Waals surface area (Å²) >= 11 is 4.80. The summed E-state index contributed by atoms with van der Waals surface area (Å²) in [5.74, 6) is 0.0598. The van der Waals surface area contributed by atoms with Gasteiger partial charge in [-0.2, -0.15) is 5.26 Å². The molecule has 1 heterocycles. The van der Waals surface area contributed by atoms with Crippen molar-refractivity contribution in [2.24, 2.45) is 0 Å². The summed E-state index contributed by atoms with van der Waals surface area (Å²) in [5.41, 5.74) is 1.75. The molecule has 0 aliphatic heterocycles. The van der Waals surface area contributed by atoms with Crippen LogP contribution < -0.4 is 10.1 Å². The van der Waals surface area contributed by atoms with E-state index >= 15 is 0 Å². The van der Waals surface area contributed by atoms with E-state index in [2.05, 4.69) is 32.8 Å². The van der Waals surface area contributed by atoms with E-state index in [4.69, 9.17) is 4.74 Å². The number of thiazole rings is 1. The molecule has 3 aromatic rings. The molecule has 1 aromatic heterocycles. The van der Waals surface area contributed by atoms with Gasteiger partial charge < -0.3 is 4.74 Å². The van der Waals surface area contributed by atoms with Crippen molar-refractivity contribution in [1.29, 1.82) is 5.26 Å². The molecule has 3 rings (SSSR count). The lowest BCUT2D eigenvalue weighted by Crippen LogP contribution is -2.13. The number of nitriles is 1. The minimum atomic E-state index is -0.513. The number of nitrogens with zero attached hydrogens (tertiary/aromatic N) is 2. The van der Waals surface area contributed by atoms with Crippen LogP contribution in [0, 0.1) is 11.3 Å². The number of ether oxygens (including phenoxy) is 1. The summed E-state index contributed by atoms with van der Waals surface area (Å²) in [6, 6.07) is 17.2. The molecular formula is C23H18BrN3O2S. The van der Waals surface area contributed by atoms with E-state index in [1.165, 1.54) is 17.4 Å². The second kappa shape index (κ2) is 10.5. The van der Waals surface area contributed by atoms with Gasteiger partial charge in [0.25, 0.3) is 5.91 Å². The maximum atomic E-state index is 12.6. The summed E-state index contributed by atoms with van der Waals surface area (Å²) in [6.45, 7) is 3.96. The summed E-state index contributed by atoms with van der Waals surface area (Å²) in [4.78, 5) is 17.8. The average Bonchev–Trinajstić information content (AvgIpc) is 3.19. The zero-order chi connectivity index (χ0) is 21.3. The smallest absolute Gasteiger partial charge is 0.268 e. The molecule has 0 spiro atoms. The minimum Gasteiger partial charge on any atom is -0.489 e. The van der Waals surface area contributed by atoms with Crippen molar-refractivity contribution in [3.05, 3.63) is 93.4 Å². The van der Waals surface area contributed by atoms with Gasteiger partial charge in [0.1, 0.15) is 24.0 Å². The lowest BCUT2D eigenvalue weighted by atomic mass is 10.1. The molecule has 0 aliphatic carbocycles. The lowest BCUT2D eigenvalue weighted by molar-refractivity contribution is -0.112. The van der Waals surface area contributed by atoms with Crippen molar-refractivity contribution in [3.63, 3.8) is 0 Å². The number of amides is 1. The summed E-state index contributed by atoms with van der Waals surface area (Å²) in [6.07, 6.45) is 5.59. The fraction of sp³-hybridized carbons (Fsp3) is 0.0870. The van der Waals surface area contributed by atoms with E-state index in [1.807, 2.05) is 42.5 Å². The number of hydrogen-bond donors (Lipinski definition) is 1. The number of aromatic nitrogens is 1. The molecule has 0 fully saturated rings. The van der Waals surface area contributed by atoms with E-state index < -0.39 is 5.91 Å². The Morgan fingerprint density at radius 2 is 2.03 bits per heavy atom. The molecule has 5 nitrogen and oxygen atoms in total. The molecular weight excluding hydrogens is 462 g/mol. The number of carbonyl (C=O) groups is 1. The Labute approximate surface area is 187 Å². The predicted molar refractivity (Wildman–Crippen MR) is 123 cm³/mol. The first-order valence-corrected chi connectivity index (χ1v) is 10.6. The number of benzene rings is 2. The molecule has 30 heavy (non-hydrogen) atoms. The fourth-order valence-electron chi connectivity index (χ4n) is 2.60. The van der Waals surface area contributed by atoms with Gasteiger partial charge in [-0.15, -0.1) is 11.3 Å². The standard InChI is InChI=1S/C23H18BrN3O2S/c1-2-11-29-21-6-4-3-5-17(21)13-18(14-25)22(28)27-23-26-15-20(30-23)12-16-7-9-19(24)10-8-16/h2-10,13,15H,1,11-12H2,(H,26,27,28). The zero-order valence-electron chi connectivity index (χ0n) is 16.0. The second-order valence-corrected chi connectivity index (χ2v) is 8.23. The van der Waals surface area contributed by atoms with Crippen molar-refractivity contribution in [2.75, 3.05) is 11.9 Å². The van der Waals surface area contributed by atoms with Gasteiger partial charge in [0.2, 0.25) is 0 Å². The van der Waals surface area contributed by atoms with Gasteiger partial charge in [0, 0.05) is 27.5 Å². The highest BCUT2D eigenvalue weighted by Gasteiger charge is 2.13. The zero-order valence-corrected chi connectivity index (χ0v) is 18.4. The summed E-state index contributed by atoms with van der Waals surface area (Å²) in [5, 5.41) is 12.6. The number of rotatable bonds is 8. The molecule has 2 aromatic carbocycles. The Bertz CT molecular complexity index is 1110. The van der Waals surface area contributed by atoms with E-state index in [-0.39, 0.29) is 5.57 Å². The number of halogens is 1.